The van der Waals surface area contributed by atoms with Gasteiger partial charge in [-0.15, -0.1) is 0 Å². The Bertz CT molecular complexity index is 436. The van der Waals surface area contributed by atoms with Crippen molar-refractivity contribution >= 4 is 17.5 Å². The summed E-state index contributed by atoms with van der Waals surface area (Å²) in [6.07, 6.45) is 2.26. The standard InChI is InChI=1S/C11H14ClN3O2/c12-8-9(7-1-2-7)13-14-10(8)11(16)15-3-5-17-6-4-15/h7H,1-6H2,(H,13,14). The molecule has 6 heteroatoms. The van der Waals surface area contributed by atoms with Gasteiger partial charge in [0.15, 0.2) is 5.69 Å². The fourth-order valence-corrected chi connectivity index (χ4v) is 2.36. The van der Waals surface area contributed by atoms with Gasteiger partial charge in [-0.1, -0.05) is 11.6 Å². The van der Waals surface area contributed by atoms with E-state index in [0.717, 1.165) is 18.5 Å². The van der Waals surface area contributed by atoms with E-state index in [-0.39, 0.29) is 5.91 Å². The maximum atomic E-state index is 12.2. The second-order valence-corrected chi connectivity index (χ2v) is 4.86. The molecule has 92 valence electrons. The lowest BCUT2D eigenvalue weighted by Crippen LogP contribution is -2.40. The molecule has 1 aromatic rings. The molecule has 1 amide bonds. The van der Waals surface area contributed by atoms with Crippen molar-refractivity contribution in [2.75, 3.05) is 26.3 Å². The van der Waals surface area contributed by atoms with Crippen LogP contribution in [0.2, 0.25) is 5.02 Å². The number of aromatic nitrogens is 2. The topological polar surface area (TPSA) is 58.2 Å². The summed E-state index contributed by atoms with van der Waals surface area (Å²) in [5.41, 5.74) is 1.28. The van der Waals surface area contributed by atoms with Gasteiger partial charge in [0.25, 0.3) is 5.91 Å². The number of carbonyl (C=O) groups is 1. The van der Waals surface area contributed by atoms with Crippen LogP contribution in [-0.4, -0.2) is 47.3 Å². The molecular formula is C11H14ClN3O2. The van der Waals surface area contributed by atoms with Crippen LogP contribution in [0.1, 0.15) is 34.9 Å². The van der Waals surface area contributed by atoms with Crippen LogP contribution in [0.25, 0.3) is 0 Å². The Morgan fingerprint density at radius 3 is 2.76 bits per heavy atom. The molecule has 0 radical (unpaired) electrons. The number of hydrogen-bond donors (Lipinski definition) is 1. The molecule has 1 aliphatic carbocycles. The number of aromatic amines is 1. The number of H-pyrrole nitrogens is 1. The van der Waals surface area contributed by atoms with Crippen LogP contribution in [0.5, 0.6) is 0 Å². The fourth-order valence-electron chi connectivity index (χ4n) is 2.04. The van der Waals surface area contributed by atoms with E-state index in [1.54, 1.807) is 4.90 Å². The average Bonchev–Trinajstić information content (AvgIpc) is 3.13. The Morgan fingerprint density at radius 1 is 1.41 bits per heavy atom. The van der Waals surface area contributed by atoms with Crippen molar-refractivity contribution in [3.63, 3.8) is 0 Å². The smallest absolute Gasteiger partial charge is 0.276 e. The third-order valence-electron chi connectivity index (χ3n) is 3.22. The summed E-state index contributed by atoms with van der Waals surface area (Å²) in [6.45, 7) is 2.40. The van der Waals surface area contributed by atoms with Crippen molar-refractivity contribution in [2.45, 2.75) is 18.8 Å². The summed E-state index contributed by atoms with van der Waals surface area (Å²) in [6, 6.07) is 0. The first-order chi connectivity index (χ1) is 8.27. The number of hydrogen-bond acceptors (Lipinski definition) is 3. The van der Waals surface area contributed by atoms with E-state index in [9.17, 15) is 4.79 Å². The summed E-state index contributed by atoms with van der Waals surface area (Å²) in [7, 11) is 0. The number of ether oxygens (including phenoxy) is 1. The highest BCUT2D eigenvalue weighted by molar-refractivity contribution is 6.34. The first-order valence-electron chi connectivity index (χ1n) is 5.88. The van der Waals surface area contributed by atoms with Gasteiger partial charge in [-0.2, -0.15) is 5.10 Å². The molecule has 2 aliphatic rings. The highest BCUT2D eigenvalue weighted by Gasteiger charge is 2.32. The average molecular weight is 256 g/mol. The maximum absolute atomic E-state index is 12.2. The van der Waals surface area contributed by atoms with Gasteiger partial charge < -0.3 is 9.64 Å². The predicted molar refractivity (Wildman–Crippen MR) is 62.3 cm³/mol. The third-order valence-corrected chi connectivity index (χ3v) is 3.60. The Kier molecular flexibility index (Phi) is 2.80. The summed E-state index contributed by atoms with van der Waals surface area (Å²) in [4.78, 5) is 13.9. The van der Waals surface area contributed by atoms with E-state index < -0.39 is 0 Å². The normalized spacial score (nSPS) is 20.6. The highest BCUT2D eigenvalue weighted by atomic mass is 35.5. The Morgan fingerprint density at radius 2 is 2.12 bits per heavy atom. The van der Waals surface area contributed by atoms with Crippen LogP contribution in [0.4, 0.5) is 0 Å². The zero-order valence-corrected chi connectivity index (χ0v) is 10.2. The number of morpholine rings is 1. The first kappa shape index (κ1) is 11.0. The molecular weight excluding hydrogens is 242 g/mol. The van der Waals surface area contributed by atoms with E-state index >= 15 is 0 Å². The van der Waals surface area contributed by atoms with Gasteiger partial charge in [-0.25, -0.2) is 0 Å². The number of rotatable bonds is 2. The molecule has 3 rings (SSSR count). The number of nitrogens with one attached hydrogen (secondary N) is 1. The van der Waals surface area contributed by atoms with Gasteiger partial charge in [0.1, 0.15) is 0 Å². The van der Waals surface area contributed by atoms with E-state index in [1.807, 2.05) is 0 Å². The van der Waals surface area contributed by atoms with Crippen molar-refractivity contribution in [3.8, 4) is 0 Å². The second-order valence-electron chi connectivity index (χ2n) is 4.48. The van der Waals surface area contributed by atoms with Gasteiger partial charge in [0.2, 0.25) is 0 Å². The zero-order chi connectivity index (χ0) is 11.8. The van der Waals surface area contributed by atoms with Gasteiger partial charge in [0, 0.05) is 19.0 Å². The lowest BCUT2D eigenvalue weighted by atomic mass is 10.2. The van der Waals surface area contributed by atoms with Crippen LogP contribution >= 0.6 is 11.6 Å². The quantitative estimate of drug-likeness (QED) is 0.869. The Balaban J connectivity index is 1.80. The molecule has 5 nitrogen and oxygen atoms in total. The lowest BCUT2D eigenvalue weighted by Gasteiger charge is -2.26. The number of nitrogens with zero attached hydrogens (tertiary/aromatic N) is 2. The number of halogens is 1. The van der Waals surface area contributed by atoms with Gasteiger partial charge >= 0.3 is 0 Å². The maximum Gasteiger partial charge on any atom is 0.276 e. The van der Waals surface area contributed by atoms with Crippen LogP contribution in [0, 0.1) is 0 Å². The molecule has 0 bridgehead atoms. The van der Waals surface area contributed by atoms with E-state index in [2.05, 4.69) is 10.2 Å². The monoisotopic (exact) mass is 255 g/mol. The molecule has 1 aliphatic heterocycles. The van der Waals surface area contributed by atoms with Crippen LogP contribution in [0.15, 0.2) is 0 Å². The molecule has 1 saturated heterocycles. The van der Waals surface area contributed by atoms with Crippen LogP contribution in [0.3, 0.4) is 0 Å². The Hall–Kier alpha value is -1.07. The first-order valence-corrected chi connectivity index (χ1v) is 6.26. The predicted octanol–water partition coefficient (Wildman–Crippen LogP) is 1.41. The molecule has 1 saturated carbocycles. The van der Waals surface area contributed by atoms with Crippen molar-refractivity contribution in [2.24, 2.45) is 0 Å². The highest BCUT2D eigenvalue weighted by Crippen LogP contribution is 2.42. The van der Waals surface area contributed by atoms with Crippen LogP contribution < -0.4 is 0 Å². The minimum atomic E-state index is -0.0959. The van der Waals surface area contributed by atoms with Gasteiger partial charge in [0.05, 0.1) is 23.9 Å². The minimum absolute atomic E-state index is 0.0959. The molecule has 1 N–H and O–H groups in total. The fraction of sp³-hybridized carbons (Fsp3) is 0.636. The van der Waals surface area contributed by atoms with Gasteiger partial charge in [-0.05, 0) is 12.8 Å². The largest absolute Gasteiger partial charge is 0.378 e. The van der Waals surface area contributed by atoms with Crippen molar-refractivity contribution in [1.82, 2.24) is 15.1 Å². The molecule has 0 unspecified atom stereocenters. The van der Waals surface area contributed by atoms with Crippen molar-refractivity contribution in [1.29, 1.82) is 0 Å². The summed E-state index contributed by atoms with van der Waals surface area (Å²) in [5.74, 6) is 0.377. The summed E-state index contributed by atoms with van der Waals surface area (Å²) in [5, 5.41) is 7.46. The molecule has 2 fully saturated rings. The summed E-state index contributed by atoms with van der Waals surface area (Å²) >= 11 is 6.20. The minimum Gasteiger partial charge on any atom is -0.378 e. The molecule has 1 aromatic heterocycles. The molecule has 17 heavy (non-hydrogen) atoms. The third kappa shape index (κ3) is 2.05. The SMILES string of the molecule is O=C(c1n[nH]c(C2CC2)c1Cl)N1CCOCC1. The lowest BCUT2D eigenvalue weighted by molar-refractivity contribution is 0.0299. The van der Waals surface area contributed by atoms with Crippen molar-refractivity contribution in [3.05, 3.63) is 16.4 Å². The van der Waals surface area contributed by atoms with E-state index in [0.29, 0.717) is 42.9 Å². The van der Waals surface area contributed by atoms with Crippen molar-refractivity contribution < 1.29 is 9.53 Å². The molecule has 0 aromatic carbocycles. The Labute approximate surface area is 104 Å². The zero-order valence-electron chi connectivity index (χ0n) is 9.41. The number of amides is 1. The molecule has 0 spiro atoms. The molecule has 0 atom stereocenters. The summed E-state index contributed by atoms with van der Waals surface area (Å²) < 4.78 is 5.21. The van der Waals surface area contributed by atoms with Crippen LogP contribution in [-0.2, 0) is 4.74 Å². The molecule has 2 heterocycles. The van der Waals surface area contributed by atoms with E-state index in [1.165, 1.54) is 0 Å². The van der Waals surface area contributed by atoms with E-state index in [4.69, 9.17) is 16.3 Å². The number of carbonyl (C=O) groups excluding carboxylic acids is 1. The van der Waals surface area contributed by atoms with Gasteiger partial charge in [-0.3, -0.25) is 9.89 Å². The second kappa shape index (κ2) is 4.31.